The Balaban J connectivity index is 1.91. The second-order valence-corrected chi connectivity index (χ2v) is 14.1. The number of aliphatic carboxylic acids is 1. The van der Waals surface area contributed by atoms with Crippen molar-refractivity contribution in [3.05, 3.63) is 22.8 Å². The monoisotopic (exact) mass is 584 g/mol. The Kier molecular flexibility index (Phi) is 8.71. The van der Waals surface area contributed by atoms with Gasteiger partial charge in [0.2, 0.25) is 0 Å². The molecule has 0 aliphatic heterocycles. The smallest absolute Gasteiger partial charge is 0.331 e. The number of Topliss-reactive ketones (excluding diaryl/α,β-unsaturated/α-hetero) is 2. The number of allylic oxidation sites excluding steroid dienone is 2. The van der Waals surface area contributed by atoms with E-state index in [4.69, 9.17) is 9.47 Å². The van der Waals surface area contributed by atoms with E-state index in [-0.39, 0.29) is 35.4 Å². The number of hydrogen-bond acceptors (Lipinski definition) is 7. The summed E-state index contributed by atoms with van der Waals surface area (Å²) in [6, 6.07) is 0. The van der Waals surface area contributed by atoms with Crippen LogP contribution in [0.5, 0.6) is 0 Å². The summed E-state index contributed by atoms with van der Waals surface area (Å²) in [5.74, 6) is -3.34. The fraction of sp³-hybridized carbons (Fsp3) is 0.735. The third-order valence-corrected chi connectivity index (χ3v) is 11.7. The van der Waals surface area contributed by atoms with Crippen LogP contribution < -0.4 is 0 Å². The summed E-state index contributed by atoms with van der Waals surface area (Å²) >= 11 is 0. The van der Waals surface area contributed by atoms with Crippen LogP contribution in [0.2, 0.25) is 0 Å². The lowest BCUT2D eigenvalue weighted by atomic mass is 9.36. The SMILES string of the molecule is CCC(=O)O[C@H]1C[C@@]2(C)[C@@H](CC[C@H]3[C@@]4(C)CCC(=O)[C@@H](C)[C@@H]4[C@H](OC(C)=O)C(=O)[C@@]32C)/C1=C(\CCC=C(C)C)C(=O)O. The maximum atomic E-state index is 14.8. The summed E-state index contributed by atoms with van der Waals surface area (Å²) in [6.45, 7) is 15.0. The first-order valence-corrected chi connectivity index (χ1v) is 15.6. The molecule has 0 aromatic heterocycles. The average Bonchev–Trinajstić information content (AvgIpc) is 3.19. The van der Waals surface area contributed by atoms with Gasteiger partial charge in [-0.1, -0.05) is 46.3 Å². The molecule has 1 N–H and O–H groups in total. The van der Waals surface area contributed by atoms with E-state index >= 15 is 0 Å². The predicted molar refractivity (Wildman–Crippen MR) is 156 cm³/mol. The molecule has 0 bridgehead atoms. The number of carbonyl (C=O) groups is 5. The first-order chi connectivity index (χ1) is 19.5. The lowest BCUT2D eigenvalue weighted by molar-refractivity contribution is -0.219. The Labute approximate surface area is 249 Å². The molecule has 0 spiro atoms. The molecule has 8 heteroatoms. The average molecular weight is 585 g/mol. The molecular formula is C34H48O8. The van der Waals surface area contributed by atoms with Gasteiger partial charge in [0.05, 0.1) is 0 Å². The molecule has 8 nitrogen and oxygen atoms in total. The fourth-order valence-electron chi connectivity index (χ4n) is 9.68. The van der Waals surface area contributed by atoms with Crippen LogP contribution in [-0.2, 0) is 33.4 Å². The number of fused-ring (bicyclic) bond motifs is 5. The topological polar surface area (TPSA) is 124 Å². The van der Waals surface area contributed by atoms with Gasteiger partial charge in [-0.25, -0.2) is 4.79 Å². The molecular weight excluding hydrogens is 536 g/mol. The van der Waals surface area contributed by atoms with Crippen LogP contribution in [0.3, 0.4) is 0 Å². The molecule has 4 rings (SSSR count). The van der Waals surface area contributed by atoms with Gasteiger partial charge in [-0.15, -0.1) is 0 Å². The van der Waals surface area contributed by atoms with Crippen LogP contribution in [0.4, 0.5) is 0 Å². The van der Waals surface area contributed by atoms with Gasteiger partial charge >= 0.3 is 17.9 Å². The van der Waals surface area contributed by atoms with E-state index in [1.807, 2.05) is 40.7 Å². The van der Waals surface area contributed by atoms with Crippen LogP contribution in [0.15, 0.2) is 22.8 Å². The minimum atomic E-state index is -1.06. The van der Waals surface area contributed by atoms with Crippen molar-refractivity contribution in [1.29, 1.82) is 0 Å². The highest BCUT2D eigenvalue weighted by Crippen LogP contribution is 2.73. The first kappa shape index (κ1) is 32.2. The number of rotatable bonds is 7. The number of esters is 2. The largest absolute Gasteiger partial charge is 0.478 e. The highest BCUT2D eigenvalue weighted by molar-refractivity contribution is 5.95. The van der Waals surface area contributed by atoms with Crippen molar-refractivity contribution in [2.75, 3.05) is 0 Å². The van der Waals surface area contributed by atoms with Crippen molar-refractivity contribution >= 4 is 29.5 Å². The maximum absolute atomic E-state index is 14.8. The molecule has 4 aliphatic rings. The number of ether oxygens (including phenoxy) is 2. The zero-order chi connectivity index (χ0) is 31.4. The van der Waals surface area contributed by atoms with E-state index in [9.17, 15) is 29.1 Å². The number of carboxylic acid groups (broad SMARTS) is 1. The third kappa shape index (κ3) is 4.86. The molecule has 0 aromatic carbocycles. The van der Waals surface area contributed by atoms with Gasteiger partial charge in [0.15, 0.2) is 11.9 Å². The van der Waals surface area contributed by atoms with Gasteiger partial charge < -0.3 is 14.6 Å². The standard InChI is InChI=1S/C34H48O8/c1-9-26(37)42-24-17-33(7)22(27(24)21(31(39)40)12-10-11-18(2)3)13-14-25-32(6)16-15-23(36)19(4)28(32)29(41-20(5)35)30(38)34(25,33)8/h11,19,22,24-25,28-29H,9-10,12-17H2,1-8H3,(H,39,40)/b27-21-/t19-,22+,24+,25+,28-,29+,32-,33+,34-/m1/s1. The molecule has 0 aromatic rings. The van der Waals surface area contributed by atoms with Crippen molar-refractivity contribution in [2.24, 2.45) is 39.9 Å². The molecule has 0 unspecified atom stereocenters. The van der Waals surface area contributed by atoms with Crippen molar-refractivity contribution in [2.45, 2.75) is 119 Å². The molecule has 0 heterocycles. The number of ketones is 2. The molecule has 42 heavy (non-hydrogen) atoms. The van der Waals surface area contributed by atoms with Crippen LogP contribution in [0.25, 0.3) is 0 Å². The highest BCUT2D eigenvalue weighted by atomic mass is 16.5. The van der Waals surface area contributed by atoms with Crippen LogP contribution in [-0.4, -0.2) is 46.8 Å². The van der Waals surface area contributed by atoms with Gasteiger partial charge in [0.1, 0.15) is 11.9 Å². The molecule has 0 radical (unpaired) electrons. The Morgan fingerprint density at radius 1 is 1.05 bits per heavy atom. The Morgan fingerprint density at radius 3 is 2.29 bits per heavy atom. The zero-order valence-corrected chi connectivity index (χ0v) is 26.5. The predicted octanol–water partition coefficient (Wildman–Crippen LogP) is 6.01. The zero-order valence-electron chi connectivity index (χ0n) is 26.5. The van der Waals surface area contributed by atoms with E-state index in [0.717, 1.165) is 5.57 Å². The number of carbonyl (C=O) groups excluding carboxylic acids is 4. The van der Waals surface area contributed by atoms with Crippen LogP contribution in [0, 0.1) is 39.9 Å². The van der Waals surface area contributed by atoms with Crippen LogP contribution in [0.1, 0.15) is 107 Å². The highest BCUT2D eigenvalue weighted by Gasteiger charge is 2.74. The summed E-state index contributed by atoms with van der Waals surface area (Å²) in [7, 11) is 0. The summed E-state index contributed by atoms with van der Waals surface area (Å²) in [6.07, 6.45) is 3.85. The Hall–Kier alpha value is -2.77. The third-order valence-electron chi connectivity index (χ3n) is 11.7. The van der Waals surface area contributed by atoms with Crippen molar-refractivity contribution in [3.63, 3.8) is 0 Å². The van der Waals surface area contributed by atoms with Crippen molar-refractivity contribution in [3.8, 4) is 0 Å². The Morgan fingerprint density at radius 2 is 1.71 bits per heavy atom. The van der Waals surface area contributed by atoms with E-state index in [1.54, 1.807) is 6.92 Å². The van der Waals surface area contributed by atoms with E-state index in [2.05, 4.69) is 6.92 Å². The maximum Gasteiger partial charge on any atom is 0.331 e. The van der Waals surface area contributed by atoms with Crippen LogP contribution >= 0.6 is 0 Å². The normalized spacial score (nSPS) is 40.3. The first-order valence-electron chi connectivity index (χ1n) is 15.6. The minimum Gasteiger partial charge on any atom is -0.478 e. The van der Waals surface area contributed by atoms with E-state index < -0.39 is 58.2 Å². The van der Waals surface area contributed by atoms with Gasteiger partial charge in [0, 0.05) is 42.6 Å². The van der Waals surface area contributed by atoms with Gasteiger partial charge in [-0.3, -0.25) is 19.2 Å². The second-order valence-electron chi connectivity index (χ2n) is 14.1. The number of hydrogen-bond donors (Lipinski definition) is 1. The molecule has 4 fully saturated rings. The minimum absolute atomic E-state index is 0.0889. The summed E-state index contributed by atoms with van der Waals surface area (Å²) in [5, 5.41) is 10.4. The molecule has 4 aliphatic carbocycles. The lowest BCUT2D eigenvalue weighted by Gasteiger charge is -2.67. The van der Waals surface area contributed by atoms with E-state index in [1.165, 1.54) is 6.92 Å². The molecule has 0 saturated heterocycles. The van der Waals surface area contributed by atoms with Gasteiger partial charge in [-0.05, 0) is 80.6 Å². The molecule has 0 amide bonds. The number of carboxylic acids is 1. The molecule has 9 atom stereocenters. The van der Waals surface area contributed by atoms with Crippen molar-refractivity contribution in [1.82, 2.24) is 0 Å². The quantitative estimate of drug-likeness (QED) is 0.219. The molecule has 4 saturated carbocycles. The molecule has 232 valence electrons. The van der Waals surface area contributed by atoms with Crippen molar-refractivity contribution < 1.29 is 38.6 Å². The lowest BCUT2D eigenvalue weighted by Crippen LogP contribution is -2.70. The second kappa shape index (κ2) is 11.4. The summed E-state index contributed by atoms with van der Waals surface area (Å²) < 4.78 is 11.8. The fourth-order valence-corrected chi connectivity index (χ4v) is 9.68. The van der Waals surface area contributed by atoms with E-state index in [0.29, 0.717) is 50.5 Å². The summed E-state index contributed by atoms with van der Waals surface area (Å²) in [4.78, 5) is 65.6. The summed E-state index contributed by atoms with van der Waals surface area (Å²) in [5.41, 5.74) is -0.206. The van der Waals surface area contributed by atoms with Gasteiger partial charge in [-0.2, -0.15) is 0 Å². The Bertz CT molecular complexity index is 1240. The van der Waals surface area contributed by atoms with Gasteiger partial charge in [0.25, 0.3) is 0 Å².